The van der Waals surface area contributed by atoms with Crippen molar-refractivity contribution in [3.63, 3.8) is 0 Å². The minimum Gasteiger partial charge on any atom is -0.206 e. The van der Waals surface area contributed by atoms with Gasteiger partial charge in [0, 0.05) is 5.56 Å². The smallest absolute Gasteiger partial charge is 0.131 e. The van der Waals surface area contributed by atoms with Gasteiger partial charge in [-0.25, -0.2) is 4.39 Å². The third-order valence-corrected chi connectivity index (χ3v) is 7.55. The Morgan fingerprint density at radius 1 is 1.00 bits per heavy atom. The molecule has 0 aromatic heterocycles. The fourth-order valence-corrected chi connectivity index (χ4v) is 5.24. The van der Waals surface area contributed by atoms with Crippen LogP contribution in [0.5, 0.6) is 0 Å². The molecular weight excluding hydrogens is 391 g/mol. The summed E-state index contributed by atoms with van der Waals surface area (Å²) < 4.78 is 14.0. The second kappa shape index (κ2) is 9.52. The van der Waals surface area contributed by atoms with Gasteiger partial charge in [-0.2, -0.15) is 0 Å². The van der Waals surface area contributed by atoms with Crippen molar-refractivity contribution in [3.8, 4) is 0 Å². The molecule has 0 amide bonds. The van der Waals surface area contributed by atoms with Gasteiger partial charge in [-0.05, 0) is 86.0 Å². The van der Waals surface area contributed by atoms with Crippen LogP contribution >= 0.6 is 11.6 Å². The van der Waals surface area contributed by atoms with Gasteiger partial charge in [0.25, 0.3) is 0 Å². The van der Waals surface area contributed by atoms with Crippen molar-refractivity contribution >= 4 is 17.2 Å². The summed E-state index contributed by atoms with van der Waals surface area (Å²) in [7, 11) is 0. The lowest BCUT2D eigenvalue weighted by atomic mass is 9.76. The molecule has 0 saturated heterocycles. The molecule has 0 nitrogen and oxygen atoms in total. The van der Waals surface area contributed by atoms with Gasteiger partial charge < -0.3 is 0 Å². The van der Waals surface area contributed by atoms with E-state index in [0.717, 1.165) is 36.7 Å². The molecule has 1 fully saturated rings. The maximum absolute atomic E-state index is 14.0. The first-order chi connectivity index (χ1) is 14.6. The topological polar surface area (TPSA) is 0 Å². The first-order valence-corrected chi connectivity index (χ1v) is 11.9. The van der Waals surface area contributed by atoms with Gasteiger partial charge in [0.15, 0.2) is 0 Å². The van der Waals surface area contributed by atoms with Crippen molar-refractivity contribution in [1.29, 1.82) is 0 Å². The molecule has 0 N–H and O–H groups in total. The van der Waals surface area contributed by atoms with Crippen LogP contribution in [0.15, 0.2) is 66.8 Å². The van der Waals surface area contributed by atoms with Crippen LogP contribution in [0.1, 0.15) is 74.5 Å². The molecule has 158 valence electrons. The molecule has 0 bridgehead atoms. The molecule has 4 rings (SSSR count). The predicted octanol–water partition coefficient (Wildman–Crippen LogP) is 8.46. The summed E-state index contributed by atoms with van der Waals surface area (Å²) in [5.74, 6) is 1.33. The number of aryl methyl sites for hydroxylation is 1. The summed E-state index contributed by atoms with van der Waals surface area (Å²) in [6.07, 6.45) is 15.4. The summed E-state index contributed by atoms with van der Waals surface area (Å²) in [4.78, 5) is -0.318. The van der Waals surface area contributed by atoms with Crippen LogP contribution in [-0.2, 0) is 6.42 Å². The Hall–Kier alpha value is -1.86. The van der Waals surface area contributed by atoms with Crippen LogP contribution in [0.2, 0.25) is 0 Å². The van der Waals surface area contributed by atoms with Crippen LogP contribution in [-0.4, -0.2) is 4.87 Å². The molecule has 2 aromatic carbocycles. The second-order valence-electron chi connectivity index (χ2n) is 9.06. The number of hydrogen-bond donors (Lipinski definition) is 0. The fraction of sp³-hybridized carbons (Fsp3) is 0.429. The monoisotopic (exact) mass is 422 g/mol. The summed E-state index contributed by atoms with van der Waals surface area (Å²) in [6, 6.07) is 16.2. The molecule has 2 aromatic rings. The highest BCUT2D eigenvalue weighted by atomic mass is 35.5. The minimum atomic E-state index is -0.318. The third-order valence-electron chi connectivity index (χ3n) is 7.08. The molecule has 2 heteroatoms. The molecule has 1 saturated carbocycles. The number of halogens is 2. The Bertz CT molecular complexity index is 902. The van der Waals surface area contributed by atoms with E-state index in [0.29, 0.717) is 5.56 Å². The molecule has 0 aliphatic heterocycles. The lowest BCUT2D eigenvalue weighted by Gasteiger charge is -2.32. The van der Waals surface area contributed by atoms with Crippen molar-refractivity contribution < 1.29 is 4.39 Å². The summed E-state index contributed by atoms with van der Waals surface area (Å²) in [5.41, 5.74) is 4.55. The van der Waals surface area contributed by atoms with E-state index in [2.05, 4.69) is 43.3 Å². The van der Waals surface area contributed by atoms with Crippen molar-refractivity contribution in [2.75, 3.05) is 0 Å². The van der Waals surface area contributed by atoms with E-state index >= 15 is 0 Å². The molecule has 2 aliphatic carbocycles. The van der Waals surface area contributed by atoms with E-state index in [9.17, 15) is 4.39 Å². The van der Waals surface area contributed by atoms with Crippen LogP contribution in [0.4, 0.5) is 4.39 Å². The van der Waals surface area contributed by atoms with E-state index in [1.165, 1.54) is 49.3 Å². The maximum atomic E-state index is 14.0. The van der Waals surface area contributed by atoms with Crippen LogP contribution in [0.3, 0.4) is 0 Å². The largest absolute Gasteiger partial charge is 0.206 e. The Morgan fingerprint density at radius 3 is 2.37 bits per heavy atom. The molecule has 1 unspecified atom stereocenters. The summed E-state index contributed by atoms with van der Waals surface area (Å²) >= 11 is 6.91. The average Bonchev–Trinajstić information content (AvgIpc) is 2.79. The molecule has 0 spiro atoms. The molecule has 30 heavy (non-hydrogen) atoms. The van der Waals surface area contributed by atoms with Crippen molar-refractivity contribution in [2.45, 2.75) is 69.1 Å². The van der Waals surface area contributed by atoms with Crippen LogP contribution < -0.4 is 0 Å². The molecule has 0 radical (unpaired) electrons. The highest BCUT2D eigenvalue weighted by molar-refractivity contribution is 6.25. The van der Waals surface area contributed by atoms with Gasteiger partial charge in [-0.3, -0.25) is 0 Å². The standard InChI is InChI=1S/C28H32ClF/c1-2-21-7-11-23(12-8-21)24-13-9-22(10-14-24)15-18-28(29)19-16-25(17-20-28)26-5-3-4-6-27(26)30/h3-8,11-12,16-17,19,22,24H,2,9-10,13-15,18,20H2,1H3. The number of rotatable bonds is 6. The summed E-state index contributed by atoms with van der Waals surface area (Å²) in [5, 5.41) is 0. The first-order valence-electron chi connectivity index (χ1n) is 11.5. The second-order valence-corrected chi connectivity index (χ2v) is 9.82. The van der Waals surface area contributed by atoms with Crippen molar-refractivity contribution in [2.24, 2.45) is 5.92 Å². The Labute approximate surface area is 185 Å². The summed E-state index contributed by atoms with van der Waals surface area (Å²) in [6.45, 7) is 2.21. The van der Waals surface area contributed by atoms with E-state index in [1.807, 2.05) is 18.2 Å². The van der Waals surface area contributed by atoms with E-state index in [4.69, 9.17) is 11.6 Å². The average molecular weight is 423 g/mol. The molecule has 2 aliphatic rings. The zero-order valence-corrected chi connectivity index (χ0v) is 18.7. The first kappa shape index (κ1) is 21.4. The maximum Gasteiger partial charge on any atom is 0.131 e. The molecule has 0 heterocycles. The highest BCUT2D eigenvalue weighted by Gasteiger charge is 2.29. The van der Waals surface area contributed by atoms with E-state index < -0.39 is 0 Å². The SMILES string of the molecule is CCc1ccc(C2CCC(CCC3(Cl)C=CC(c4ccccc4F)=CC3)CC2)cc1. The highest BCUT2D eigenvalue weighted by Crippen LogP contribution is 2.41. The van der Waals surface area contributed by atoms with Gasteiger partial charge in [0.1, 0.15) is 5.82 Å². The van der Waals surface area contributed by atoms with Gasteiger partial charge in [0.2, 0.25) is 0 Å². The van der Waals surface area contributed by atoms with Crippen molar-refractivity contribution in [3.05, 3.63) is 89.3 Å². The number of allylic oxidation sites excluding steroid dienone is 4. The minimum absolute atomic E-state index is 0.170. The Balaban J connectivity index is 1.26. The van der Waals surface area contributed by atoms with Crippen LogP contribution in [0, 0.1) is 11.7 Å². The zero-order chi connectivity index (χ0) is 21.0. The molecular formula is C28H32ClF. The normalized spacial score (nSPS) is 26.4. The fourth-order valence-electron chi connectivity index (χ4n) is 4.99. The van der Waals surface area contributed by atoms with E-state index in [1.54, 1.807) is 6.07 Å². The van der Waals surface area contributed by atoms with Gasteiger partial charge in [-0.15, -0.1) is 11.6 Å². The van der Waals surface area contributed by atoms with Gasteiger partial charge in [0.05, 0.1) is 4.87 Å². The Morgan fingerprint density at radius 2 is 1.73 bits per heavy atom. The van der Waals surface area contributed by atoms with Gasteiger partial charge in [-0.1, -0.05) is 67.6 Å². The van der Waals surface area contributed by atoms with Crippen molar-refractivity contribution in [1.82, 2.24) is 0 Å². The third kappa shape index (κ3) is 5.06. The zero-order valence-electron chi connectivity index (χ0n) is 17.9. The molecule has 1 atom stereocenters. The number of benzene rings is 2. The van der Waals surface area contributed by atoms with Crippen LogP contribution in [0.25, 0.3) is 5.57 Å². The Kier molecular flexibility index (Phi) is 6.78. The lowest BCUT2D eigenvalue weighted by molar-refractivity contribution is 0.298. The lowest BCUT2D eigenvalue weighted by Crippen LogP contribution is -2.22. The predicted molar refractivity (Wildman–Crippen MR) is 126 cm³/mol. The van der Waals surface area contributed by atoms with E-state index in [-0.39, 0.29) is 10.7 Å². The number of hydrogen-bond acceptors (Lipinski definition) is 0. The van der Waals surface area contributed by atoms with Gasteiger partial charge >= 0.3 is 0 Å². The number of alkyl halides is 1. The quantitative estimate of drug-likeness (QED) is 0.409.